The summed E-state index contributed by atoms with van der Waals surface area (Å²) in [7, 11) is 0. The van der Waals surface area contributed by atoms with Crippen LogP contribution in [0.5, 0.6) is 0 Å². The molecule has 86 valence electrons. The van der Waals surface area contributed by atoms with E-state index in [2.05, 4.69) is 13.8 Å². The number of para-hydroxylation sites is 1. The van der Waals surface area contributed by atoms with Crippen molar-refractivity contribution in [2.75, 3.05) is 10.5 Å². The van der Waals surface area contributed by atoms with Crippen molar-refractivity contribution in [1.29, 1.82) is 0 Å². The molecule has 0 atom stereocenters. The van der Waals surface area contributed by atoms with Crippen LogP contribution in [-0.4, -0.2) is 26.3 Å². The minimum absolute atomic E-state index is 0.134. The molecule has 1 fully saturated rings. The number of anilines is 1. The monoisotopic (exact) mass is 281 g/mol. The molecule has 0 radical (unpaired) electrons. The Morgan fingerprint density at radius 3 is 2.44 bits per heavy atom. The number of hydrogen-bond donors (Lipinski definition) is 0. The zero-order valence-electron chi connectivity index (χ0n) is 9.77. The van der Waals surface area contributed by atoms with Crippen molar-refractivity contribution in [3.8, 4) is 0 Å². The normalized spacial score (nSPS) is 19.1. The van der Waals surface area contributed by atoms with Gasteiger partial charge in [0.25, 0.3) is 0 Å². The fourth-order valence-electron chi connectivity index (χ4n) is 2.28. The molecule has 0 N–H and O–H groups in total. The SMILES string of the molecule is C[CH2][Ge]1([CH2]C)[O]CC(=O)[N]1c1ccccc1. The molecule has 1 aliphatic heterocycles. The van der Waals surface area contributed by atoms with Crippen LogP contribution >= 0.6 is 0 Å². The van der Waals surface area contributed by atoms with Gasteiger partial charge >= 0.3 is 99.1 Å². The van der Waals surface area contributed by atoms with Crippen LogP contribution in [0.1, 0.15) is 13.8 Å². The average Bonchev–Trinajstić information content (AvgIpc) is 2.68. The third-order valence-electron chi connectivity index (χ3n) is 3.24. The summed E-state index contributed by atoms with van der Waals surface area (Å²) in [5.41, 5.74) is 1.01. The van der Waals surface area contributed by atoms with Gasteiger partial charge in [-0.3, -0.25) is 0 Å². The Hall–Kier alpha value is -0.807. The van der Waals surface area contributed by atoms with Crippen molar-refractivity contribution in [2.24, 2.45) is 0 Å². The first-order valence-corrected chi connectivity index (χ1v) is 10.5. The van der Waals surface area contributed by atoms with Crippen molar-refractivity contribution >= 4 is 25.4 Å². The fraction of sp³-hybridized carbons (Fsp3) is 0.417. The Kier molecular flexibility index (Phi) is 3.35. The molecule has 16 heavy (non-hydrogen) atoms. The van der Waals surface area contributed by atoms with Crippen LogP contribution in [0.25, 0.3) is 0 Å². The second kappa shape index (κ2) is 4.59. The molecule has 4 heteroatoms. The first-order valence-electron chi connectivity index (χ1n) is 5.75. The van der Waals surface area contributed by atoms with E-state index >= 15 is 0 Å². The second-order valence-corrected chi connectivity index (χ2v) is 12.5. The standard InChI is InChI=1S/C12H17GeNO2/c1-3-13(4-2)14(12(15)10-16-13)11-8-6-5-7-9-11/h5-9H,3-4,10H2,1-2H3. The van der Waals surface area contributed by atoms with Gasteiger partial charge in [-0.2, -0.15) is 0 Å². The fourth-order valence-corrected chi connectivity index (χ4v) is 8.99. The third-order valence-corrected chi connectivity index (χ3v) is 12.1. The van der Waals surface area contributed by atoms with E-state index in [1.54, 1.807) is 0 Å². The van der Waals surface area contributed by atoms with E-state index < -0.39 is 13.8 Å². The summed E-state index contributed by atoms with van der Waals surface area (Å²) in [6.45, 7) is 4.55. The zero-order valence-corrected chi connectivity index (χ0v) is 11.9. The molecule has 1 aromatic rings. The molecule has 0 unspecified atom stereocenters. The Morgan fingerprint density at radius 2 is 1.88 bits per heavy atom. The Bertz CT molecular complexity index is 376. The van der Waals surface area contributed by atoms with Crippen molar-refractivity contribution in [3.63, 3.8) is 0 Å². The average molecular weight is 280 g/mol. The summed E-state index contributed by atoms with van der Waals surface area (Å²) in [6.07, 6.45) is 0. The van der Waals surface area contributed by atoms with Gasteiger partial charge in [-0.1, -0.05) is 0 Å². The first-order chi connectivity index (χ1) is 7.73. The van der Waals surface area contributed by atoms with E-state index in [1.165, 1.54) is 0 Å². The van der Waals surface area contributed by atoms with E-state index in [0.29, 0.717) is 0 Å². The van der Waals surface area contributed by atoms with Crippen LogP contribution in [-0.2, 0) is 8.56 Å². The number of carbonyl (C=O) groups excluding carboxylic acids is 1. The van der Waals surface area contributed by atoms with E-state index in [0.717, 1.165) is 16.2 Å². The topological polar surface area (TPSA) is 29.5 Å². The van der Waals surface area contributed by atoms with E-state index in [-0.39, 0.29) is 12.5 Å². The van der Waals surface area contributed by atoms with Crippen LogP contribution < -0.4 is 3.86 Å². The third kappa shape index (κ3) is 1.78. The number of hydrogen-bond acceptors (Lipinski definition) is 2. The maximum absolute atomic E-state index is 12.0. The molecule has 1 heterocycles. The number of benzene rings is 1. The quantitative estimate of drug-likeness (QED) is 0.796. The molecule has 1 aliphatic rings. The van der Waals surface area contributed by atoms with E-state index in [1.807, 2.05) is 34.2 Å². The van der Waals surface area contributed by atoms with Crippen LogP contribution in [0.4, 0.5) is 5.69 Å². The van der Waals surface area contributed by atoms with Crippen LogP contribution in [0.2, 0.25) is 10.5 Å². The summed E-state index contributed by atoms with van der Waals surface area (Å²) in [5.74, 6) is 0.134. The van der Waals surface area contributed by atoms with Gasteiger partial charge in [-0.15, -0.1) is 0 Å². The Balaban J connectivity index is 2.40. The van der Waals surface area contributed by atoms with Gasteiger partial charge in [0.15, 0.2) is 0 Å². The first kappa shape index (κ1) is 11.7. The number of nitrogens with zero attached hydrogens (tertiary/aromatic N) is 1. The molecule has 0 saturated carbocycles. The van der Waals surface area contributed by atoms with Crippen molar-refractivity contribution in [2.45, 2.75) is 24.4 Å². The van der Waals surface area contributed by atoms with Crippen molar-refractivity contribution in [3.05, 3.63) is 30.3 Å². The summed E-state index contributed by atoms with van der Waals surface area (Å²) >= 11 is -2.58. The van der Waals surface area contributed by atoms with Crippen molar-refractivity contribution in [1.82, 2.24) is 0 Å². The molecule has 1 saturated heterocycles. The van der Waals surface area contributed by atoms with Crippen LogP contribution in [0.3, 0.4) is 0 Å². The number of rotatable bonds is 3. The van der Waals surface area contributed by atoms with Gasteiger partial charge in [-0.25, -0.2) is 0 Å². The molecule has 2 rings (SSSR count). The summed E-state index contributed by atoms with van der Waals surface area (Å²) in [4.78, 5) is 12.0. The molecule has 0 aromatic heterocycles. The summed E-state index contributed by atoms with van der Waals surface area (Å²) < 4.78 is 7.87. The molecule has 0 aliphatic carbocycles. The van der Waals surface area contributed by atoms with Gasteiger partial charge in [0.05, 0.1) is 0 Å². The second-order valence-electron chi connectivity index (χ2n) is 4.01. The van der Waals surface area contributed by atoms with Crippen LogP contribution in [0, 0.1) is 0 Å². The van der Waals surface area contributed by atoms with Gasteiger partial charge in [0.1, 0.15) is 0 Å². The van der Waals surface area contributed by atoms with Crippen molar-refractivity contribution < 1.29 is 8.56 Å². The Morgan fingerprint density at radius 1 is 1.25 bits per heavy atom. The van der Waals surface area contributed by atoms with E-state index in [9.17, 15) is 4.79 Å². The molecular weight excluding hydrogens is 263 g/mol. The number of carbonyl (C=O) groups is 1. The van der Waals surface area contributed by atoms with E-state index in [4.69, 9.17) is 3.76 Å². The summed E-state index contributed by atoms with van der Waals surface area (Å²) in [5, 5.41) is 1.99. The Labute approximate surface area is 99.3 Å². The predicted molar refractivity (Wildman–Crippen MR) is 66.6 cm³/mol. The van der Waals surface area contributed by atoms with Gasteiger partial charge < -0.3 is 0 Å². The zero-order chi connectivity index (χ0) is 11.6. The molecule has 0 spiro atoms. The summed E-state index contributed by atoms with van der Waals surface area (Å²) in [6, 6.07) is 9.91. The molecule has 0 bridgehead atoms. The van der Waals surface area contributed by atoms with Gasteiger partial charge in [0, 0.05) is 0 Å². The number of amides is 1. The molecule has 1 aromatic carbocycles. The molecule has 3 nitrogen and oxygen atoms in total. The molecule has 1 amide bonds. The van der Waals surface area contributed by atoms with Gasteiger partial charge in [0.2, 0.25) is 0 Å². The molecular formula is C12H17GeNO2. The maximum atomic E-state index is 12.0. The minimum atomic E-state index is -2.58. The predicted octanol–water partition coefficient (Wildman–Crippen LogP) is 2.53. The van der Waals surface area contributed by atoms with Crippen LogP contribution in [0.15, 0.2) is 30.3 Å². The van der Waals surface area contributed by atoms with Gasteiger partial charge in [-0.05, 0) is 0 Å².